The molecule has 2 rings (SSSR count). The fraction of sp³-hybridized carbons (Fsp3) is 0.439. The molecule has 2 aromatic rings. The number of carbonyl (C=O) groups is 11. The summed E-state index contributed by atoms with van der Waals surface area (Å²) in [4.78, 5) is 142. The van der Waals surface area contributed by atoms with Gasteiger partial charge in [-0.2, -0.15) is 5.48 Å². The normalized spacial score (nSPS) is 12.5. The van der Waals surface area contributed by atoms with Crippen LogP contribution in [0.3, 0.4) is 0 Å². The zero-order chi connectivity index (χ0) is 47.1. The number of hydroxylamine groups is 1. The molecular formula is C41H52N6O16. The summed E-state index contributed by atoms with van der Waals surface area (Å²) in [6, 6.07) is 5.01. The van der Waals surface area contributed by atoms with Crippen LogP contribution in [-0.4, -0.2) is 116 Å². The van der Waals surface area contributed by atoms with E-state index in [1.807, 2.05) is 18.5 Å². The number of carboxylic acid groups (broad SMARTS) is 4. The van der Waals surface area contributed by atoms with Gasteiger partial charge in [-0.3, -0.25) is 43.2 Å². The summed E-state index contributed by atoms with van der Waals surface area (Å²) in [5.41, 5.74) is 2.87. The molecule has 63 heavy (non-hydrogen) atoms. The van der Waals surface area contributed by atoms with Crippen LogP contribution >= 0.6 is 0 Å². The average molecular weight is 885 g/mol. The van der Waals surface area contributed by atoms with Crippen LogP contribution in [0.1, 0.15) is 114 Å². The summed E-state index contributed by atoms with van der Waals surface area (Å²) in [6.07, 6.45) is -2.91. The molecule has 0 aliphatic heterocycles. The van der Waals surface area contributed by atoms with Crippen LogP contribution in [0.15, 0.2) is 48.5 Å². The van der Waals surface area contributed by atoms with E-state index >= 15 is 0 Å². The summed E-state index contributed by atoms with van der Waals surface area (Å²) in [5.74, 6) is -12.1. The van der Waals surface area contributed by atoms with Crippen molar-refractivity contribution < 1.29 is 78.0 Å². The summed E-state index contributed by atoms with van der Waals surface area (Å²) in [5, 5.41) is 49.6. The van der Waals surface area contributed by atoms with E-state index in [-0.39, 0.29) is 42.8 Å². The van der Waals surface area contributed by atoms with Gasteiger partial charge in [0.25, 0.3) is 17.7 Å². The van der Waals surface area contributed by atoms with Crippen molar-refractivity contribution in [2.24, 2.45) is 0 Å². The lowest BCUT2D eigenvalue weighted by atomic mass is 10.0. The number of aliphatic carboxylic acids is 4. The van der Waals surface area contributed by atoms with E-state index in [1.54, 1.807) is 25.1 Å². The zero-order valence-electron chi connectivity index (χ0n) is 34.6. The number of nitrogens with one attached hydrogen (secondary N) is 6. The lowest BCUT2D eigenvalue weighted by Gasteiger charge is -2.26. The molecule has 0 saturated carbocycles. The standard InChI is InChI=1S/C41H52N6O16/c1-3-8-31(48)47-63-41(62)26-12-7-11-25(22-26)36(56)43-27(14-17-32(49)50)37(57)44-28(15-18-33(51)52)38(58)45-29(16-19-34(53)54)39(59)46-30(40(60)61)13-4-5-20-42-35(55)24-10-6-9-23(2)21-24/h6-7,9-12,21-22,27-30H,3-5,8,13-20H2,1-2H3,(H,42,55)(H,43,56)(H,44,57)(H,45,58)(H,46,59)(H,47,48)(H,49,50)(H,51,52)(H,53,54)(H,60,61)/t27-,28-,29-,30-/m1/s1. The fourth-order valence-corrected chi connectivity index (χ4v) is 5.72. The summed E-state index contributed by atoms with van der Waals surface area (Å²) in [6.45, 7) is 3.73. The monoisotopic (exact) mass is 884 g/mol. The van der Waals surface area contributed by atoms with Crippen molar-refractivity contribution in [1.82, 2.24) is 32.1 Å². The molecule has 0 aliphatic rings. The van der Waals surface area contributed by atoms with Crippen molar-refractivity contribution in [3.05, 3.63) is 70.8 Å². The highest BCUT2D eigenvalue weighted by molar-refractivity contribution is 6.01. The van der Waals surface area contributed by atoms with Crippen LogP contribution < -0.4 is 32.1 Å². The van der Waals surface area contributed by atoms with E-state index in [4.69, 9.17) is 4.84 Å². The Morgan fingerprint density at radius 1 is 0.556 bits per heavy atom. The van der Waals surface area contributed by atoms with E-state index in [1.165, 1.54) is 18.2 Å². The van der Waals surface area contributed by atoms with Gasteiger partial charge in [-0.15, -0.1) is 0 Å². The van der Waals surface area contributed by atoms with E-state index in [2.05, 4.69) is 26.6 Å². The minimum absolute atomic E-state index is 0.0727. The van der Waals surface area contributed by atoms with Crippen LogP contribution in [-0.2, 0) is 43.2 Å². The predicted molar refractivity (Wildman–Crippen MR) is 218 cm³/mol. The van der Waals surface area contributed by atoms with E-state index in [0.29, 0.717) is 18.4 Å². The van der Waals surface area contributed by atoms with Crippen LogP contribution in [0.25, 0.3) is 0 Å². The van der Waals surface area contributed by atoms with Crippen LogP contribution in [0.4, 0.5) is 0 Å². The van der Waals surface area contributed by atoms with Gasteiger partial charge in [-0.1, -0.05) is 30.7 Å². The second kappa shape index (κ2) is 26.7. The van der Waals surface area contributed by atoms with Crippen LogP contribution in [0.2, 0.25) is 0 Å². The molecule has 0 fully saturated rings. The van der Waals surface area contributed by atoms with Gasteiger partial charge in [0.2, 0.25) is 17.7 Å². The van der Waals surface area contributed by atoms with Gasteiger partial charge in [-0.25, -0.2) is 9.59 Å². The second-order valence-electron chi connectivity index (χ2n) is 14.2. The maximum atomic E-state index is 13.6. The first-order chi connectivity index (χ1) is 29.8. The smallest absolute Gasteiger partial charge is 0.362 e. The highest BCUT2D eigenvalue weighted by Gasteiger charge is 2.32. The lowest BCUT2D eigenvalue weighted by Crippen LogP contribution is -2.58. The number of hydrogen-bond acceptors (Lipinski definition) is 12. The maximum absolute atomic E-state index is 13.6. The SMILES string of the molecule is CCCC(=O)NOC(=O)c1cccc(C(=O)N[C@H](CCC(=O)O)C(=O)N[C@H](CCC(=O)O)C(=O)N[C@H](CCC(=O)O)C(=O)N[C@H](CCCCNC(=O)c2cccc(C)c2)C(=O)O)c1. The van der Waals surface area contributed by atoms with Crippen molar-refractivity contribution >= 4 is 65.3 Å². The largest absolute Gasteiger partial charge is 0.481 e. The van der Waals surface area contributed by atoms with E-state index in [9.17, 15) is 73.2 Å². The third kappa shape index (κ3) is 19.7. The van der Waals surface area contributed by atoms with Gasteiger partial charge in [0.1, 0.15) is 24.2 Å². The lowest BCUT2D eigenvalue weighted by molar-refractivity contribution is -0.143. The van der Waals surface area contributed by atoms with Crippen molar-refractivity contribution in [2.45, 2.75) is 109 Å². The molecule has 0 radical (unpaired) electrons. The molecule has 342 valence electrons. The van der Waals surface area contributed by atoms with Gasteiger partial charge in [-0.05, 0) is 82.2 Å². The number of unbranched alkanes of at least 4 members (excludes halogenated alkanes) is 1. The summed E-state index contributed by atoms with van der Waals surface area (Å²) < 4.78 is 0. The van der Waals surface area contributed by atoms with Gasteiger partial charge in [0, 0.05) is 43.4 Å². The third-order valence-electron chi connectivity index (χ3n) is 9.02. The van der Waals surface area contributed by atoms with Gasteiger partial charge in [0.15, 0.2) is 0 Å². The third-order valence-corrected chi connectivity index (χ3v) is 9.02. The second-order valence-corrected chi connectivity index (χ2v) is 14.2. The van der Waals surface area contributed by atoms with Crippen molar-refractivity contribution in [3.63, 3.8) is 0 Å². The number of benzene rings is 2. The highest BCUT2D eigenvalue weighted by atomic mass is 16.7. The molecule has 0 bridgehead atoms. The Balaban J connectivity index is 2.21. The Labute approximate surface area is 360 Å². The molecule has 0 spiro atoms. The Bertz CT molecular complexity index is 2010. The zero-order valence-corrected chi connectivity index (χ0v) is 34.6. The van der Waals surface area contributed by atoms with Gasteiger partial charge in [0.05, 0.1) is 5.56 Å². The average Bonchev–Trinajstić information content (AvgIpc) is 3.23. The molecule has 0 aromatic heterocycles. The van der Waals surface area contributed by atoms with Gasteiger partial charge >= 0.3 is 29.8 Å². The number of rotatable bonds is 27. The molecule has 0 aliphatic carbocycles. The highest BCUT2D eigenvalue weighted by Crippen LogP contribution is 2.11. The molecular weight excluding hydrogens is 832 g/mol. The molecule has 0 heterocycles. The van der Waals surface area contributed by atoms with Crippen molar-refractivity contribution in [3.8, 4) is 0 Å². The number of carbonyl (C=O) groups excluding carboxylic acids is 7. The topological polar surface area (TPSA) is 350 Å². The van der Waals surface area contributed by atoms with Crippen LogP contribution in [0.5, 0.6) is 0 Å². The Kier molecular flexibility index (Phi) is 22.0. The number of carboxylic acids is 4. The Morgan fingerprint density at radius 2 is 1.03 bits per heavy atom. The number of aryl methyl sites for hydroxylation is 1. The van der Waals surface area contributed by atoms with E-state index in [0.717, 1.165) is 11.6 Å². The van der Waals surface area contributed by atoms with E-state index < -0.39 is 122 Å². The first kappa shape index (κ1) is 51.8. The van der Waals surface area contributed by atoms with Gasteiger partial charge < -0.3 is 51.8 Å². The molecule has 0 saturated heterocycles. The van der Waals surface area contributed by atoms with Crippen molar-refractivity contribution in [2.75, 3.05) is 6.54 Å². The minimum atomic E-state index is -1.77. The summed E-state index contributed by atoms with van der Waals surface area (Å²) in [7, 11) is 0. The molecule has 0 unspecified atom stereocenters. The minimum Gasteiger partial charge on any atom is -0.481 e. The molecule has 6 amide bonds. The molecule has 22 nitrogen and oxygen atoms in total. The van der Waals surface area contributed by atoms with Crippen molar-refractivity contribution in [1.29, 1.82) is 0 Å². The molecule has 4 atom stereocenters. The molecule has 10 N–H and O–H groups in total. The first-order valence-corrected chi connectivity index (χ1v) is 19.9. The Morgan fingerprint density at radius 3 is 1.52 bits per heavy atom. The summed E-state index contributed by atoms with van der Waals surface area (Å²) >= 11 is 0. The quantitative estimate of drug-likeness (QED) is 0.0438. The molecule has 2 aromatic carbocycles. The fourth-order valence-electron chi connectivity index (χ4n) is 5.72. The molecule has 22 heteroatoms. The predicted octanol–water partition coefficient (Wildman–Crippen LogP) is 0.815. The maximum Gasteiger partial charge on any atom is 0.362 e. The number of amides is 6. The van der Waals surface area contributed by atoms with Crippen LogP contribution in [0, 0.1) is 6.92 Å². The number of hydrogen-bond donors (Lipinski definition) is 10. The Hall–Kier alpha value is -7.39. The first-order valence-electron chi connectivity index (χ1n) is 19.9.